The van der Waals surface area contributed by atoms with Gasteiger partial charge in [0.1, 0.15) is 5.69 Å². The quantitative estimate of drug-likeness (QED) is 0.864. The third kappa shape index (κ3) is 2.72. The second-order valence-electron chi connectivity index (χ2n) is 5.20. The van der Waals surface area contributed by atoms with E-state index in [4.69, 9.17) is 5.11 Å². The van der Waals surface area contributed by atoms with E-state index < -0.39 is 11.4 Å². The third-order valence-electron chi connectivity index (χ3n) is 3.67. The zero-order valence-electron chi connectivity index (χ0n) is 11.1. The summed E-state index contributed by atoms with van der Waals surface area (Å²) in [6.07, 6.45) is 3.95. The molecule has 19 heavy (non-hydrogen) atoms. The molecule has 0 radical (unpaired) electrons. The summed E-state index contributed by atoms with van der Waals surface area (Å²) in [4.78, 5) is 33.0. The number of aromatic nitrogens is 2. The van der Waals surface area contributed by atoms with Crippen LogP contribution in [0, 0.1) is 12.3 Å². The second kappa shape index (κ2) is 4.95. The number of carboxylic acid groups (broad SMARTS) is 1. The van der Waals surface area contributed by atoms with Crippen LogP contribution in [0.1, 0.15) is 35.9 Å². The number of hydrogen-bond acceptors (Lipinski definition) is 4. The van der Waals surface area contributed by atoms with Gasteiger partial charge in [0, 0.05) is 19.3 Å². The van der Waals surface area contributed by atoms with Crippen LogP contribution in [0.2, 0.25) is 0 Å². The average Bonchev–Trinajstić information content (AvgIpc) is 2.39. The fourth-order valence-corrected chi connectivity index (χ4v) is 2.08. The molecular weight excluding hydrogens is 246 g/mol. The van der Waals surface area contributed by atoms with Crippen molar-refractivity contribution in [2.75, 3.05) is 13.1 Å². The van der Waals surface area contributed by atoms with Crippen molar-refractivity contribution < 1.29 is 14.7 Å². The van der Waals surface area contributed by atoms with Crippen LogP contribution in [0.15, 0.2) is 12.4 Å². The number of likely N-dealkylation sites (tertiary alicyclic amines) is 1. The van der Waals surface area contributed by atoms with Gasteiger partial charge in [-0.05, 0) is 26.7 Å². The molecule has 6 heteroatoms. The molecule has 1 aliphatic rings. The maximum atomic E-state index is 12.2. The molecule has 2 heterocycles. The van der Waals surface area contributed by atoms with Gasteiger partial charge in [0.15, 0.2) is 0 Å². The van der Waals surface area contributed by atoms with Crippen molar-refractivity contribution in [1.82, 2.24) is 14.9 Å². The van der Waals surface area contributed by atoms with Crippen LogP contribution >= 0.6 is 0 Å². The van der Waals surface area contributed by atoms with E-state index in [0.717, 1.165) is 5.69 Å². The standard InChI is InChI=1S/C13H17N3O3/c1-9-7-15-10(8-14-9)11(17)16-5-3-13(2,4-6-16)12(18)19/h7-8H,3-6H2,1-2H3,(H,18,19). The van der Waals surface area contributed by atoms with Gasteiger partial charge in [0.2, 0.25) is 0 Å². The molecule has 1 amide bonds. The molecule has 6 nitrogen and oxygen atoms in total. The molecule has 1 aromatic heterocycles. The minimum Gasteiger partial charge on any atom is -0.481 e. The van der Waals surface area contributed by atoms with Gasteiger partial charge < -0.3 is 10.0 Å². The topological polar surface area (TPSA) is 83.4 Å². The van der Waals surface area contributed by atoms with E-state index in [2.05, 4.69) is 9.97 Å². The first-order valence-corrected chi connectivity index (χ1v) is 6.24. The molecule has 1 N–H and O–H groups in total. The lowest BCUT2D eigenvalue weighted by Gasteiger charge is -2.36. The lowest BCUT2D eigenvalue weighted by atomic mass is 9.80. The van der Waals surface area contributed by atoms with Crippen molar-refractivity contribution in [1.29, 1.82) is 0 Å². The van der Waals surface area contributed by atoms with Gasteiger partial charge in [-0.25, -0.2) is 4.98 Å². The third-order valence-corrected chi connectivity index (χ3v) is 3.67. The number of hydrogen-bond donors (Lipinski definition) is 1. The maximum Gasteiger partial charge on any atom is 0.309 e. The molecule has 1 aromatic rings. The lowest BCUT2D eigenvalue weighted by Crippen LogP contribution is -2.45. The van der Waals surface area contributed by atoms with Crippen LogP contribution in [0.4, 0.5) is 0 Å². The number of carboxylic acids is 1. The minimum absolute atomic E-state index is 0.181. The largest absolute Gasteiger partial charge is 0.481 e. The van der Waals surface area contributed by atoms with Crippen LogP contribution in [-0.2, 0) is 4.79 Å². The van der Waals surface area contributed by atoms with Gasteiger partial charge in [-0.15, -0.1) is 0 Å². The molecule has 0 unspecified atom stereocenters. The first kappa shape index (κ1) is 13.5. The van der Waals surface area contributed by atoms with Crippen LogP contribution in [0.5, 0.6) is 0 Å². The van der Waals surface area contributed by atoms with Crippen molar-refractivity contribution in [3.8, 4) is 0 Å². The molecule has 102 valence electrons. The Bertz CT molecular complexity index is 490. The maximum absolute atomic E-state index is 12.2. The van der Waals surface area contributed by atoms with E-state index in [1.54, 1.807) is 24.9 Å². The number of piperidine rings is 1. The molecule has 0 aromatic carbocycles. The summed E-state index contributed by atoms with van der Waals surface area (Å²) in [6, 6.07) is 0. The Balaban J connectivity index is 2.04. The normalized spacial score (nSPS) is 18.1. The first-order valence-electron chi connectivity index (χ1n) is 6.24. The van der Waals surface area contributed by atoms with E-state index in [1.165, 1.54) is 6.20 Å². The van der Waals surface area contributed by atoms with Gasteiger partial charge in [0.05, 0.1) is 17.3 Å². The SMILES string of the molecule is Cc1cnc(C(=O)N2CCC(C)(C(=O)O)CC2)cn1. The van der Waals surface area contributed by atoms with Crippen molar-refractivity contribution >= 4 is 11.9 Å². The van der Waals surface area contributed by atoms with Crippen molar-refractivity contribution in [3.63, 3.8) is 0 Å². The fourth-order valence-electron chi connectivity index (χ4n) is 2.08. The molecule has 0 atom stereocenters. The van der Waals surface area contributed by atoms with E-state index in [9.17, 15) is 9.59 Å². The van der Waals surface area contributed by atoms with Crippen LogP contribution in [0.3, 0.4) is 0 Å². The molecule has 1 fully saturated rings. The molecule has 0 saturated carbocycles. The van der Waals surface area contributed by atoms with Crippen LogP contribution in [-0.4, -0.2) is 44.9 Å². The van der Waals surface area contributed by atoms with Crippen molar-refractivity contribution in [2.24, 2.45) is 5.41 Å². The number of aryl methyl sites for hydroxylation is 1. The number of nitrogens with zero attached hydrogens (tertiary/aromatic N) is 3. The monoisotopic (exact) mass is 263 g/mol. The van der Waals surface area contributed by atoms with Gasteiger partial charge in [-0.3, -0.25) is 14.6 Å². The van der Waals surface area contributed by atoms with E-state index in [1.807, 2.05) is 0 Å². The molecular formula is C13H17N3O3. The highest BCUT2D eigenvalue weighted by atomic mass is 16.4. The zero-order chi connectivity index (χ0) is 14.0. The van der Waals surface area contributed by atoms with Crippen molar-refractivity contribution in [3.05, 3.63) is 23.8 Å². The lowest BCUT2D eigenvalue weighted by molar-refractivity contribution is -0.150. The summed E-state index contributed by atoms with van der Waals surface area (Å²) in [6.45, 7) is 4.41. The number of carbonyl (C=O) groups excluding carboxylic acids is 1. The van der Waals surface area contributed by atoms with Crippen molar-refractivity contribution in [2.45, 2.75) is 26.7 Å². The highest BCUT2D eigenvalue weighted by Gasteiger charge is 2.38. The Morgan fingerprint density at radius 2 is 1.89 bits per heavy atom. The predicted octanol–water partition coefficient (Wildman–Crippen LogP) is 1.11. The van der Waals surface area contributed by atoms with Gasteiger partial charge in [0.25, 0.3) is 5.91 Å². The summed E-state index contributed by atoms with van der Waals surface area (Å²) < 4.78 is 0. The van der Waals surface area contributed by atoms with Gasteiger partial charge in [-0.2, -0.15) is 0 Å². The van der Waals surface area contributed by atoms with Gasteiger partial charge >= 0.3 is 5.97 Å². The Labute approximate surface area is 111 Å². The van der Waals surface area contributed by atoms with E-state index in [-0.39, 0.29) is 5.91 Å². The first-order chi connectivity index (χ1) is 8.92. The molecule has 0 bridgehead atoms. The summed E-state index contributed by atoms with van der Waals surface area (Å²) in [5, 5.41) is 9.14. The predicted molar refractivity (Wildman–Crippen MR) is 67.6 cm³/mol. The minimum atomic E-state index is -0.797. The van der Waals surface area contributed by atoms with Crippen LogP contribution in [0.25, 0.3) is 0 Å². The Hall–Kier alpha value is -1.98. The molecule has 2 rings (SSSR count). The van der Waals surface area contributed by atoms with E-state index >= 15 is 0 Å². The second-order valence-corrected chi connectivity index (χ2v) is 5.20. The van der Waals surface area contributed by atoms with E-state index in [0.29, 0.717) is 31.6 Å². The number of rotatable bonds is 2. The Kier molecular flexibility index (Phi) is 3.50. The summed E-state index contributed by atoms with van der Waals surface area (Å²) >= 11 is 0. The van der Waals surface area contributed by atoms with Gasteiger partial charge in [-0.1, -0.05) is 0 Å². The molecule has 1 aliphatic heterocycles. The zero-order valence-corrected chi connectivity index (χ0v) is 11.1. The smallest absolute Gasteiger partial charge is 0.309 e. The number of aliphatic carboxylic acids is 1. The summed E-state index contributed by atoms with van der Waals surface area (Å²) in [5.41, 5.74) is 0.341. The van der Waals surface area contributed by atoms with Crippen LogP contribution < -0.4 is 0 Å². The number of carbonyl (C=O) groups is 2. The summed E-state index contributed by atoms with van der Waals surface area (Å²) in [5.74, 6) is -0.977. The fraction of sp³-hybridized carbons (Fsp3) is 0.538. The Morgan fingerprint density at radius 3 is 2.37 bits per heavy atom. The highest BCUT2D eigenvalue weighted by molar-refractivity contribution is 5.92. The Morgan fingerprint density at radius 1 is 1.26 bits per heavy atom. The molecule has 0 aliphatic carbocycles. The average molecular weight is 263 g/mol. The molecule has 0 spiro atoms. The highest BCUT2D eigenvalue weighted by Crippen LogP contribution is 2.31. The molecule has 1 saturated heterocycles. The number of amides is 1. The summed E-state index contributed by atoms with van der Waals surface area (Å²) in [7, 11) is 0.